The van der Waals surface area contributed by atoms with Crippen LogP contribution in [0.5, 0.6) is 0 Å². The number of allylic oxidation sites excluding steroid dienone is 1. The Bertz CT molecular complexity index is 1050. The summed E-state index contributed by atoms with van der Waals surface area (Å²) in [4.78, 5) is 2.90. The molecule has 1 spiro atoms. The number of benzene rings is 1. The number of hydrogen-bond donors (Lipinski definition) is 0. The maximum Gasteiger partial charge on any atom is 0.297 e. The van der Waals surface area contributed by atoms with E-state index in [9.17, 15) is 8.42 Å². The van der Waals surface area contributed by atoms with Crippen molar-refractivity contribution in [1.29, 1.82) is 0 Å². The van der Waals surface area contributed by atoms with Crippen LogP contribution in [0.3, 0.4) is 0 Å². The third-order valence-electron chi connectivity index (χ3n) is 11.0. The zero-order valence-electron chi connectivity index (χ0n) is 20.4. The van der Waals surface area contributed by atoms with E-state index in [4.69, 9.17) is 4.18 Å². The molecule has 1 aromatic carbocycles. The van der Waals surface area contributed by atoms with Crippen molar-refractivity contribution < 1.29 is 12.6 Å². The molecule has 5 heteroatoms. The average molecular weight is 470 g/mol. The molecule has 1 aromatic rings. The van der Waals surface area contributed by atoms with E-state index in [-0.39, 0.29) is 16.4 Å². The Morgan fingerprint density at radius 3 is 2.55 bits per heavy atom. The fourth-order valence-corrected chi connectivity index (χ4v) is 10.5. The predicted octanol–water partition coefficient (Wildman–Crippen LogP) is 5.65. The highest BCUT2D eigenvalue weighted by Crippen LogP contribution is 2.68. The Morgan fingerprint density at radius 2 is 1.76 bits per heavy atom. The summed E-state index contributed by atoms with van der Waals surface area (Å²) in [6.07, 6.45) is 11.7. The molecule has 33 heavy (non-hydrogen) atoms. The lowest BCUT2D eigenvalue weighted by atomic mass is 9.47. The van der Waals surface area contributed by atoms with Gasteiger partial charge in [0.2, 0.25) is 0 Å². The van der Waals surface area contributed by atoms with Crippen molar-refractivity contribution in [2.75, 3.05) is 13.6 Å². The highest BCUT2D eigenvalue weighted by atomic mass is 32.2. The first-order chi connectivity index (χ1) is 15.7. The molecule has 1 heterocycles. The number of rotatable bonds is 3. The summed E-state index contributed by atoms with van der Waals surface area (Å²) >= 11 is 0. The van der Waals surface area contributed by atoms with E-state index in [0.717, 1.165) is 49.0 Å². The molecule has 0 N–H and O–H groups in total. The summed E-state index contributed by atoms with van der Waals surface area (Å²) in [5.74, 6) is 3.32. The van der Waals surface area contributed by atoms with E-state index in [0.29, 0.717) is 5.41 Å². The monoisotopic (exact) mass is 469 g/mol. The lowest BCUT2D eigenvalue weighted by molar-refractivity contribution is -0.0457. The Kier molecular flexibility index (Phi) is 5.18. The normalized spacial score (nSPS) is 45.0. The number of fused-ring (bicyclic) bond motifs is 4. The van der Waals surface area contributed by atoms with Crippen LogP contribution < -0.4 is 0 Å². The van der Waals surface area contributed by atoms with Gasteiger partial charge in [0.25, 0.3) is 10.1 Å². The van der Waals surface area contributed by atoms with Crippen LogP contribution in [0.1, 0.15) is 65.2 Å². The maximum absolute atomic E-state index is 12.8. The first kappa shape index (κ1) is 22.3. The highest BCUT2D eigenvalue weighted by Gasteiger charge is 2.64. The smallest absolute Gasteiger partial charge is 0.297 e. The summed E-state index contributed by atoms with van der Waals surface area (Å²) in [6, 6.07) is 9.33. The standard InChI is InChI=1S/C28H39NO3S/c1-19-24-11-12-26-23-10-9-20-17-21(32-33(30,31)22-7-5-4-6-8-22)13-15-27(20,2)25(23)14-16-28(24,26)18-29(19)3/h4-9,19,21,23-26H,10-18H2,1-3H3/t19-,21-,23+,24+,25-,26-,27-,28-/m0/s1. The van der Waals surface area contributed by atoms with Crippen LogP contribution in [-0.4, -0.2) is 39.1 Å². The first-order valence-corrected chi connectivity index (χ1v) is 14.5. The van der Waals surface area contributed by atoms with Gasteiger partial charge in [0.15, 0.2) is 0 Å². The minimum Gasteiger partial charge on any atom is -0.303 e. The van der Waals surface area contributed by atoms with Crippen LogP contribution >= 0.6 is 0 Å². The van der Waals surface area contributed by atoms with Gasteiger partial charge in [-0.3, -0.25) is 4.18 Å². The van der Waals surface area contributed by atoms with E-state index >= 15 is 0 Å². The van der Waals surface area contributed by atoms with Gasteiger partial charge in [0.1, 0.15) is 0 Å². The second-order valence-corrected chi connectivity index (χ2v) is 13.7. The average Bonchev–Trinajstić information content (AvgIpc) is 3.28. The molecule has 0 aromatic heterocycles. The predicted molar refractivity (Wildman–Crippen MR) is 130 cm³/mol. The van der Waals surface area contributed by atoms with Gasteiger partial charge < -0.3 is 4.90 Å². The van der Waals surface area contributed by atoms with E-state index in [1.165, 1.54) is 44.2 Å². The number of likely N-dealkylation sites (tertiary alicyclic amines) is 1. The molecule has 4 aliphatic carbocycles. The van der Waals surface area contributed by atoms with Gasteiger partial charge in [0, 0.05) is 12.6 Å². The van der Waals surface area contributed by atoms with Crippen molar-refractivity contribution in [2.45, 2.75) is 82.3 Å². The van der Waals surface area contributed by atoms with Gasteiger partial charge in [0.05, 0.1) is 11.0 Å². The lowest BCUT2D eigenvalue weighted by Gasteiger charge is -2.58. The van der Waals surface area contributed by atoms with Crippen molar-refractivity contribution in [3.8, 4) is 0 Å². The van der Waals surface area contributed by atoms with E-state index < -0.39 is 10.1 Å². The quantitative estimate of drug-likeness (QED) is 0.424. The fraction of sp³-hybridized carbons (Fsp3) is 0.714. The summed E-state index contributed by atoms with van der Waals surface area (Å²) < 4.78 is 31.4. The van der Waals surface area contributed by atoms with Gasteiger partial charge in [-0.1, -0.05) is 36.8 Å². The number of hydrogen-bond acceptors (Lipinski definition) is 4. The van der Waals surface area contributed by atoms with Gasteiger partial charge in [-0.05, 0) is 112 Å². The molecule has 3 saturated carbocycles. The second kappa shape index (κ2) is 7.66. The molecule has 4 fully saturated rings. The van der Waals surface area contributed by atoms with E-state index in [2.05, 4.69) is 31.9 Å². The zero-order chi connectivity index (χ0) is 23.0. The third-order valence-corrected chi connectivity index (χ3v) is 12.3. The van der Waals surface area contributed by atoms with E-state index in [1.807, 2.05) is 6.07 Å². The zero-order valence-corrected chi connectivity index (χ0v) is 21.2. The van der Waals surface area contributed by atoms with Crippen molar-refractivity contribution in [3.63, 3.8) is 0 Å². The molecule has 6 rings (SSSR count). The van der Waals surface area contributed by atoms with Gasteiger partial charge in [-0.2, -0.15) is 8.42 Å². The van der Waals surface area contributed by atoms with Gasteiger partial charge in [-0.25, -0.2) is 0 Å². The first-order valence-electron chi connectivity index (χ1n) is 13.1. The second-order valence-electron chi connectivity index (χ2n) is 12.1. The van der Waals surface area contributed by atoms with Crippen LogP contribution in [0.2, 0.25) is 0 Å². The maximum atomic E-state index is 12.8. The third kappa shape index (κ3) is 3.25. The molecule has 5 aliphatic rings. The van der Waals surface area contributed by atoms with E-state index in [1.54, 1.807) is 24.3 Å². The Hall–Kier alpha value is -1.17. The molecule has 1 saturated heterocycles. The summed E-state index contributed by atoms with van der Waals surface area (Å²) in [7, 11) is -1.37. The summed E-state index contributed by atoms with van der Waals surface area (Å²) in [5, 5.41) is 0. The molecular weight excluding hydrogens is 430 g/mol. The van der Waals surface area contributed by atoms with Crippen LogP contribution in [0.25, 0.3) is 0 Å². The van der Waals surface area contributed by atoms with Crippen LogP contribution in [0, 0.1) is 34.5 Å². The minimum atomic E-state index is -3.71. The molecule has 1 aliphatic heterocycles. The SMILES string of the molecule is C[C@H]1[C@H]2CC[C@H]3[C@@H]4CC=C5C[C@@H](OS(=O)(=O)c6ccccc6)CC[C@]5(C)[C@H]4CC[C@]23CN1C. The Labute approximate surface area is 199 Å². The molecule has 0 radical (unpaired) electrons. The highest BCUT2D eigenvalue weighted by molar-refractivity contribution is 7.86. The van der Waals surface area contributed by atoms with Crippen molar-refractivity contribution in [2.24, 2.45) is 34.5 Å². The van der Waals surface area contributed by atoms with Gasteiger partial charge >= 0.3 is 0 Å². The topological polar surface area (TPSA) is 46.6 Å². The van der Waals surface area contributed by atoms with Crippen molar-refractivity contribution in [1.82, 2.24) is 4.90 Å². The van der Waals surface area contributed by atoms with Crippen LogP contribution in [0.15, 0.2) is 46.9 Å². The Morgan fingerprint density at radius 1 is 1.00 bits per heavy atom. The molecule has 0 bridgehead atoms. The molecule has 0 unspecified atom stereocenters. The minimum absolute atomic E-state index is 0.217. The number of nitrogens with zero attached hydrogens (tertiary/aromatic N) is 1. The van der Waals surface area contributed by atoms with Crippen LogP contribution in [-0.2, 0) is 14.3 Å². The lowest BCUT2D eigenvalue weighted by Crippen LogP contribution is -2.51. The molecule has 180 valence electrons. The van der Waals surface area contributed by atoms with Crippen molar-refractivity contribution in [3.05, 3.63) is 42.0 Å². The molecule has 8 atom stereocenters. The summed E-state index contributed by atoms with van der Waals surface area (Å²) in [6.45, 7) is 6.25. The van der Waals surface area contributed by atoms with Crippen LogP contribution in [0.4, 0.5) is 0 Å². The summed E-state index contributed by atoms with van der Waals surface area (Å²) in [5.41, 5.74) is 2.25. The molecule has 0 amide bonds. The van der Waals surface area contributed by atoms with Gasteiger partial charge in [-0.15, -0.1) is 0 Å². The fourth-order valence-electron chi connectivity index (χ4n) is 9.33. The largest absolute Gasteiger partial charge is 0.303 e. The molecule has 4 nitrogen and oxygen atoms in total. The molecular formula is C28H39NO3S. The van der Waals surface area contributed by atoms with Crippen molar-refractivity contribution >= 4 is 10.1 Å². The Balaban J connectivity index is 1.22.